The molecule has 1 aromatic rings. The lowest BCUT2D eigenvalue weighted by molar-refractivity contribution is -0.0928. The van der Waals surface area contributed by atoms with E-state index in [9.17, 15) is 13.2 Å². The van der Waals surface area contributed by atoms with E-state index < -0.39 is 11.7 Å². The largest absolute Gasteiger partial charge is 0.412 e. The Bertz CT molecular complexity index is 901. The van der Waals surface area contributed by atoms with Crippen molar-refractivity contribution in [2.75, 3.05) is 6.54 Å². The third kappa shape index (κ3) is 6.90. The average molecular weight is 402 g/mol. The first kappa shape index (κ1) is 23.0. The van der Waals surface area contributed by atoms with E-state index >= 15 is 0 Å². The van der Waals surface area contributed by atoms with E-state index in [0.29, 0.717) is 0 Å². The van der Waals surface area contributed by atoms with Crippen LogP contribution in [0.2, 0.25) is 0 Å². The molecule has 1 aromatic carbocycles. The number of benzene rings is 1. The molecule has 1 atom stereocenters. The zero-order valence-electron chi connectivity index (χ0n) is 17.2. The fourth-order valence-corrected chi connectivity index (χ4v) is 3.59. The topological polar surface area (TPSA) is 12.0 Å². The Balaban J connectivity index is 1.96. The maximum Gasteiger partial charge on any atom is 0.412 e. The van der Waals surface area contributed by atoms with E-state index in [4.69, 9.17) is 0 Å². The van der Waals surface area contributed by atoms with E-state index in [-0.39, 0.29) is 12.5 Å². The SMILES string of the molecule is C=C/C=c1/cccc/c1=C(/CC)C(C)NCCCC1=CCC(C(F)(F)F)=CC=C1. The predicted octanol–water partition coefficient (Wildman–Crippen LogP) is 5.35. The Hall–Kier alpha value is -2.33. The van der Waals surface area contributed by atoms with Gasteiger partial charge in [0.05, 0.1) is 0 Å². The Labute approximate surface area is 171 Å². The highest BCUT2D eigenvalue weighted by Crippen LogP contribution is 2.30. The summed E-state index contributed by atoms with van der Waals surface area (Å²) in [6, 6.07) is 8.52. The summed E-state index contributed by atoms with van der Waals surface area (Å²) < 4.78 is 38.5. The van der Waals surface area contributed by atoms with Gasteiger partial charge in [-0.25, -0.2) is 0 Å². The van der Waals surface area contributed by atoms with Gasteiger partial charge in [0.15, 0.2) is 0 Å². The number of hydrogen-bond donors (Lipinski definition) is 1. The molecule has 0 aliphatic heterocycles. The molecule has 1 aliphatic carbocycles. The van der Waals surface area contributed by atoms with E-state index in [1.165, 1.54) is 22.9 Å². The van der Waals surface area contributed by atoms with Crippen molar-refractivity contribution in [3.8, 4) is 0 Å². The number of rotatable bonds is 8. The van der Waals surface area contributed by atoms with Gasteiger partial charge in [-0.3, -0.25) is 0 Å². The van der Waals surface area contributed by atoms with E-state index in [1.54, 1.807) is 18.2 Å². The molecule has 1 N–H and O–H groups in total. The first-order chi connectivity index (χ1) is 13.9. The second-order valence-electron chi connectivity index (χ2n) is 7.18. The molecule has 0 saturated heterocycles. The molecule has 0 spiro atoms. The van der Waals surface area contributed by atoms with Gasteiger partial charge in [0.1, 0.15) is 0 Å². The number of nitrogens with one attached hydrogen (secondary N) is 1. The van der Waals surface area contributed by atoms with Gasteiger partial charge in [-0.05, 0) is 55.2 Å². The highest BCUT2D eigenvalue weighted by Gasteiger charge is 2.32. The molecule has 1 nitrogen and oxygen atoms in total. The van der Waals surface area contributed by atoms with Gasteiger partial charge < -0.3 is 5.32 Å². The van der Waals surface area contributed by atoms with Crippen molar-refractivity contribution in [3.05, 3.63) is 82.8 Å². The first-order valence-corrected chi connectivity index (χ1v) is 10.1. The molecule has 0 bridgehead atoms. The maximum atomic E-state index is 12.8. The average Bonchev–Trinajstić information content (AvgIpc) is 2.93. The van der Waals surface area contributed by atoms with Crippen LogP contribution in [-0.2, 0) is 0 Å². The van der Waals surface area contributed by atoms with Crippen molar-refractivity contribution >= 4 is 11.6 Å². The summed E-state index contributed by atoms with van der Waals surface area (Å²) in [5.41, 5.74) is 1.81. The van der Waals surface area contributed by atoms with Gasteiger partial charge in [-0.15, -0.1) is 0 Å². The van der Waals surface area contributed by atoms with Crippen molar-refractivity contribution in [1.29, 1.82) is 0 Å². The minimum atomic E-state index is -4.25. The second kappa shape index (κ2) is 11.0. The van der Waals surface area contributed by atoms with Crippen LogP contribution >= 0.6 is 0 Å². The molecule has 0 heterocycles. The monoisotopic (exact) mass is 401 g/mol. The summed E-state index contributed by atoms with van der Waals surface area (Å²) in [6.45, 7) is 8.93. The van der Waals surface area contributed by atoms with Gasteiger partial charge in [-0.1, -0.05) is 79.8 Å². The van der Waals surface area contributed by atoms with Crippen LogP contribution in [0, 0.1) is 0 Å². The second-order valence-corrected chi connectivity index (χ2v) is 7.18. The lowest BCUT2D eigenvalue weighted by atomic mass is 10.0. The maximum absolute atomic E-state index is 12.8. The van der Waals surface area contributed by atoms with Gasteiger partial charge in [0.25, 0.3) is 0 Å². The Kier molecular flexibility index (Phi) is 8.71. The molecule has 156 valence electrons. The smallest absolute Gasteiger partial charge is 0.310 e. The van der Waals surface area contributed by atoms with Crippen LogP contribution in [0.5, 0.6) is 0 Å². The molecule has 0 aromatic heterocycles. The molecule has 0 saturated carbocycles. The molecule has 29 heavy (non-hydrogen) atoms. The Morgan fingerprint density at radius 3 is 2.72 bits per heavy atom. The van der Waals surface area contributed by atoms with Gasteiger partial charge in [0.2, 0.25) is 0 Å². The van der Waals surface area contributed by atoms with Gasteiger partial charge >= 0.3 is 6.18 Å². The van der Waals surface area contributed by atoms with Crippen molar-refractivity contribution in [3.63, 3.8) is 0 Å². The first-order valence-electron chi connectivity index (χ1n) is 10.1. The zero-order chi connectivity index (χ0) is 21.3. The molecule has 2 rings (SSSR count). The molecule has 1 aliphatic rings. The predicted molar refractivity (Wildman–Crippen MR) is 117 cm³/mol. The van der Waals surface area contributed by atoms with Gasteiger partial charge in [0, 0.05) is 11.6 Å². The third-order valence-electron chi connectivity index (χ3n) is 5.16. The van der Waals surface area contributed by atoms with Crippen molar-refractivity contribution < 1.29 is 13.2 Å². The highest BCUT2D eigenvalue weighted by molar-refractivity contribution is 5.52. The summed E-state index contributed by atoms with van der Waals surface area (Å²) in [5.74, 6) is 0. The van der Waals surface area contributed by atoms with Crippen molar-refractivity contribution in [2.24, 2.45) is 0 Å². The quantitative estimate of drug-likeness (QED) is 0.579. The molecular weight excluding hydrogens is 371 g/mol. The van der Waals surface area contributed by atoms with E-state index in [1.807, 2.05) is 18.2 Å². The lowest BCUT2D eigenvalue weighted by Gasteiger charge is -2.17. The van der Waals surface area contributed by atoms with Crippen LogP contribution in [0.3, 0.4) is 0 Å². The number of halogens is 3. The molecule has 1 unspecified atom stereocenters. The zero-order valence-corrected chi connectivity index (χ0v) is 17.2. The normalized spacial score (nSPS) is 17.3. The number of alkyl halides is 3. The molecule has 4 heteroatoms. The fraction of sp³-hybridized carbons (Fsp3) is 0.360. The number of hydrogen-bond acceptors (Lipinski definition) is 1. The van der Waals surface area contributed by atoms with Crippen LogP contribution in [0.25, 0.3) is 11.6 Å². The molecular formula is C25H30F3N. The minimum absolute atomic E-state index is 0.0555. The lowest BCUT2D eigenvalue weighted by Crippen LogP contribution is -2.36. The molecule has 0 fully saturated rings. The van der Waals surface area contributed by atoms with Crippen LogP contribution in [0.4, 0.5) is 13.2 Å². The summed E-state index contributed by atoms with van der Waals surface area (Å²) >= 11 is 0. The molecule has 0 amide bonds. The van der Waals surface area contributed by atoms with Crippen LogP contribution in [0.15, 0.2) is 72.4 Å². The number of allylic oxidation sites excluding steroid dienone is 7. The standard InChI is InChI=1S/C25H30F3N/c1-4-10-21-13-6-7-15-24(21)23(5-2)19(3)29-18-9-12-20-11-8-14-22(17-16-20)25(26,27)28/h4,6-8,10-11,13-16,19,29H,1,5,9,12,17-18H2,2-3H3/b21-10-,24-23+. The summed E-state index contributed by atoms with van der Waals surface area (Å²) in [4.78, 5) is 0. The van der Waals surface area contributed by atoms with E-state index in [0.717, 1.165) is 36.6 Å². The van der Waals surface area contributed by atoms with Crippen LogP contribution in [0.1, 0.15) is 39.5 Å². The van der Waals surface area contributed by atoms with Crippen LogP contribution in [-0.4, -0.2) is 18.8 Å². The van der Waals surface area contributed by atoms with Gasteiger partial charge in [-0.2, -0.15) is 13.2 Å². The fourth-order valence-electron chi connectivity index (χ4n) is 3.59. The summed E-state index contributed by atoms with van der Waals surface area (Å²) in [6.07, 6.45) is 8.25. The van der Waals surface area contributed by atoms with Crippen molar-refractivity contribution in [1.82, 2.24) is 5.32 Å². The minimum Gasteiger partial charge on any atom is -0.310 e. The van der Waals surface area contributed by atoms with Crippen molar-refractivity contribution in [2.45, 2.75) is 51.7 Å². The Morgan fingerprint density at radius 1 is 1.28 bits per heavy atom. The summed E-state index contributed by atoms with van der Waals surface area (Å²) in [7, 11) is 0. The van der Waals surface area contributed by atoms with Crippen LogP contribution < -0.4 is 15.8 Å². The Morgan fingerprint density at radius 2 is 2.03 bits per heavy atom. The molecule has 0 radical (unpaired) electrons. The third-order valence-corrected chi connectivity index (χ3v) is 5.16. The summed E-state index contributed by atoms with van der Waals surface area (Å²) in [5, 5.41) is 5.96. The highest BCUT2D eigenvalue weighted by atomic mass is 19.4. The van der Waals surface area contributed by atoms with E-state index in [2.05, 4.69) is 37.9 Å².